The summed E-state index contributed by atoms with van der Waals surface area (Å²) in [6.07, 6.45) is 0. The molecule has 1 saturated heterocycles. The van der Waals surface area contributed by atoms with Crippen LogP contribution in [0.1, 0.15) is 19.4 Å². The van der Waals surface area contributed by atoms with Crippen LogP contribution in [0.3, 0.4) is 0 Å². The molecule has 0 spiro atoms. The number of halogens is 1. The van der Waals surface area contributed by atoms with Crippen molar-refractivity contribution in [1.82, 2.24) is 10.2 Å². The van der Waals surface area contributed by atoms with Gasteiger partial charge in [0.1, 0.15) is 30.5 Å². The monoisotopic (exact) mass is 366 g/mol. The number of likely N-dealkylation sites (tertiary alicyclic amines) is 1. The first-order valence-corrected chi connectivity index (χ1v) is 8.06. The highest BCUT2D eigenvalue weighted by Crippen LogP contribution is 2.30. The van der Waals surface area contributed by atoms with E-state index in [2.05, 4.69) is 5.32 Å². The highest BCUT2D eigenvalue weighted by molar-refractivity contribution is 6.27. The lowest BCUT2D eigenvalue weighted by Gasteiger charge is -2.44. The van der Waals surface area contributed by atoms with E-state index in [-0.39, 0.29) is 12.3 Å². The molecule has 0 aliphatic carbocycles. The molecule has 2 rings (SSSR count). The van der Waals surface area contributed by atoms with Crippen molar-refractivity contribution in [3.05, 3.63) is 47.2 Å². The second-order valence-corrected chi connectivity index (χ2v) is 6.14. The zero-order valence-corrected chi connectivity index (χ0v) is 14.6. The minimum Gasteiger partial charge on any atom is -0.456 e. The average Bonchev–Trinajstić information content (AvgIpc) is 2.62. The van der Waals surface area contributed by atoms with Crippen molar-refractivity contribution >= 4 is 29.4 Å². The number of β-lactam (4-membered cyclic amide) rings is 1. The van der Waals surface area contributed by atoms with Crippen LogP contribution >= 0.6 is 11.6 Å². The summed E-state index contributed by atoms with van der Waals surface area (Å²) in [5.74, 6) is -1.92. The Balaban J connectivity index is 2.06. The van der Waals surface area contributed by atoms with Gasteiger partial charge in [-0.25, -0.2) is 4.79 Å². The van der Waals surface area contributed by atoms with Gasteiger partial charge in [-0.1, -0.05) is 41.9 Å². The number of benzene rings is 1. The van der Waals surface area contributed by atoms with Gasteiger partial charge in [0.25, 0.3) is 5.91 Å². The number of hydrogen-bond donors (Lipinski definition) is 2. The minimum atomic E-state index is -0.988. The standard InChI is InChI=1S/C17H19ClN2O5/c1-10(2)14(17(24)25-9-11-6-4-3-5-7-11)20-15(18)13(16(20)23)19-12(22)8-21/h3-7,13,15,21H,8-9H2,1-2H3,(H,19,22). The number of rotatable bonds is 6. The highest BCUT2D eigenvalue weighted by Gasteiger charge is 2.50. The van der Waals surface area contributed by atoms with E-state index in [9.17, 15) is 14.4 Å². The van der Waals surface area contributed by atoms with E-state index in [0.29, 0.717) is 5.57 Å². The van der Waals surface area contributed by atoms with Gasteiger partial charge in [0.15, 0.2) is 0 Å². The summed E-state index contributed by atoms with van der Waals surface area (Å²) in [6, 6.07) is 8.15. The van der Waals surface area contributed by atoms with Gasteiger partial charge >= 0.3 is 5.97 Å². The van der Waals surface area contributed by atoms with Gasteiger partial charge in [0.2, 0.25) is 5.91 Å². The molecular formula is C17H19ClN2O5. The quantitative estimate of drug-likeness (QED) is 0.256. The lowest BCUT2D eigenvalue weighted by Crippen LogP contribution is -2.69. The molecule has 7 nitrogen and oxygen atoms in total. The van der Waals surface area contributed by atoms with Crippen LogP contribution < -0.4 is 5.32 Å². The highest BCUT2D eigenvalue weighted by atomic mass is 35.5. The summed E-state index contributed by atoms with van der Waals surface area (Å²) >= 11 is 6.14. The molecular weight excluding hydrogens is 348 g/mol. The number of carbonyl (C=O) groups excluding carboxylic acids is 3. The fraction of sp³-hybridized carbons (Fsp3) is 0.353. The maximum absolute atomic E-state index is 12.4. The molecule has 1 heterocycles. The zero-order chi connectivity index (χ0) is 18.6. The number of nitrogens with zero attached hydrogens (tertiary/aromatic N) is 1. The van der Waals surface area contributed by atoms with Crippen molar-refractivity contribution < 1.29 is 24.2 Å². The Labute approximate surface area is 150 Å². The number of aliphatic hydroxyl groups is 1. The molecule has 2 amide bonds. The van der Waals surface area contributed by atoms with Crippen LogP contribution in [0.2, 0.25) is 0 Å². The summed E-state index contributed by atoms with van der Waals surface area (Å²) < 4.78 is 5.27. The van der Waals surface area contributed by atoms with E-state index < -0.39 is 35.9 Å². The number of nitrogens with one attached hydrogen (secondary N) is 1. The molecule has 1 aromatic carbocycles. The van der Waals surface area contributed by atoms with Crippen molar-refractivity contribution in [2.24, 2.45) is 0 Å². The number of amides is 2. The maximum Gasteiger partial charge on any atom is 0.355 e. The molecule has 25 heavy (non-hydrogen) atoms. The van der Waals surface area contributed by atoms with Crippen molar-refractivity contribution in [1.29, 1.82) is 0 Å². The first-order chi connectivity index (χ1) is 11.9. The van der Waals surface area contributed by atoms with Crippen LogP contribution in [-0.4, -0.2) is 45.9 Å². The largest absolute Gasteiger partial charge is 0.456 e. The predicted octanol–water partition coefficient (Wildman–Crippen LogP) is 0.908. The molecule has 0 saturated carbocycles. The Bertz CT molecular complexity index is 700. The molecule has 8 heteroatoms. The number of allylic oxidation sites excluding steroid dienone is 1. The Morgan fingerprint density at radius 3 is 2.44 bits per heavy atom. The topological polar surface area (TPSA) is 95.9 Å². The van der Waals surface area contributed by atoms with E-state index in [1.165, 1.54) is 0 Å². The molecule has 2 unspecified atom stereocenters. The van der Waals surface area contributed by atoms with E-state index in [0.717, 1.165) is 10.5 Å². The third kappa shape index (κ3) is 4.18. The Morgan fingerprint density at radius 2 is 1.92 bits per heavy atom. The first-order valence-electron chi connectivity index (χ1n) is 7.62. The molecule has 2 atom stereocenters. The molecule has 0 radical (unpaired) electrons. The SMILES string of the molecule is CC(C)=C(C(=O)OCc1ccccc1)N1C(=O)C(NC(=O)CO)C1Cl. The van der Waals surface area contributed by atoms with Crippen LogP contribution in [0.25, 0.3) is 0 Å². The van der Waals surface area contributed by atoms with E-state index >= 15 is 0 Å². The normalized spacial score (nSPS) is 19.0. The molecule has 134 valence electrons. The molecule has 1 aromatic rings. The summed E-state index contributed by atoms with van der Waals surface area (Å²) in [6.45, 7) is 2.64. The molecule has 1 aliphatic rings. The lowest BCUT2D eigenvalue weighted by molar-refractivity contribution is -0.153. The Hall–Kier alpha value is -2.38. The van der Waals surface area contributed by atoms with Gasteiger partial charge in [-0.2, -0.15) is 0 Å². The van der Waals surface area contributed by atoms with Gasteiger partial charge in [-0.05, 0) is 25.0 Å². The lowest BCUT2D eigenvalue weighted by atomic mass is 10.0. The molecule has 0 aromatic heterocycles. The van der Waals surface area contributed by atoms with Crippen LogP contribution in [0.15, 0.2) is 41.6 Å². The third-order valence-corrected chi connectivity index (χ3v) is 4.05. The maximum atomic E-state index is 12.4. The number of ether oxygens (including phenoxy) is 1. The minimum absolute atomic E-state index is 0.0513. The second-order valence-electron chi connectivity index (χ2n) is 5.69. The molecule has 0 bridgehead atoms. The molecule has 1 fully saturated rings. The van der Waals surface area contributed by atoms with Crippen LogP contribution in [0.4, 0.5) is 0 Å². The predicted molar refractivity (Wildman–Crippen MR) is 90.1 cm³/mol. The number of esters is 1. The molecule has 2 N–H and O–H groups in total. The number of carbonyl (C=O) groups is 3. The molecule has 1 aliphatic heterocycles. The summed E-state index contributed by atoms with van der Waals surface area (Å²) in [7, 11) is 0. The van der Waals surface area contributed by atoms with Crippen LogP contribution in [-0.2, 0) is 25.7 Å². The summed E-state index contributed by atoms with van der Waals surface area (Å²) in [4.78, 5) is 37.0. The fourth-order valence-corrected chi connectivity index (χ4v) is 2.74. The second kappa shape index (κ2) is 8.13. The number of aliphatic hydroxyl groups excluding tert-OH is 1. The fourth-order valence-electron chi connectivity index (χ4n) is 2.37. The van der Waals surface area contributed by atoms with Gasteiger partial charge in [0, 0.05) is 0 Å². The van der Waals surface area contributed by atoms with Crippen LogP contribution in [0.5, 0.6) is 0 Å². The van der Waals surface area contributed by atoms with Crippen LogP contribution in [0, 0.1) is 0 Å². The summed E-state index contributed by atoms with van der Waals surface area (Å²) in [5, 5.41) is 11.0. The van der Waals surface area contributed by atoms with Crippen molar-refractivity contribution in [3.8, 4) is 0 Å². The Morgan fingerprint density at radius 1 is 1.28 bits per heavy atom. The van der Waals surface area contributed by atoms with E-state index in [1.54, 1.807) is 13.8 Å². The number of hydrogen-bond acceptors (Lipinski definition) is 5. The van der Waals surface area contributed by atoms with Gasteiger partial charge in [-0.3, -0.25) is 14.5 Å². The smallest absolute Gasteiger partial charge is 0.355 e. The van der Waals surface area contributed by atoms with Crippen molar-refractivity contribution in [3.63, 3.8) is 0 Å². The van der Waals surface area contributed by atoms with Crippen molar-refractivity contribution in [2.45, 2.75) is 32.0 Å². The third-order valence-electron chi connectivity index (χ3n) is 3.61. The zero-order valence-electron chi connectivity index (χ0n) is 13.9. The van der Waals surface area contributed by atoms with E-state index in [4.69, 9.17) is 21.4 Å². The Kier molecular flexibility index (Phi) is 6.17. The summed E-state index contributed by atoms with van der Waals surface area (Å²) in [5.41, 5.74) is 0.492. The van der Waals surface area contributed by atoms with Gasteiger partial charge in [-0.15, -0.1) is 0 Å². The van der Waals surface area contributed by atoms with Gasteiger partial charge < -0.3 is 15.2 Å². The number of alkyl halides is 1. The van der Waals surface area contributed by atoms with Gasteiger partial charge in [0.05, 0.1) is 0 Å². The average molecular weight is 367 g/mol. The first kappa shape index (κ1) is 19.0. The van der Waals surface area contributed by atoms with E-state index in [1.807, 2.05) is 30.3 Å². The van der Waals surface area contributed by atoms with Crippen molar-refractivity contribution in [2.75, 3.05) is 6.61 Å².